The molecule has 4 rings (SSSR count). The van der Waals surface area contributed by atoms with E-state index in [1.165, 1.54) is 63.3 Å². The summed E-state index contributed by atoms with van der Waals surface area (Å²) in [5, 5.41) is 1.15. The summed E-state index contributed by atoms with van der Waals surface area (Å²) in [6.45, 7) is 3.25. The van der Waals surface area contributed by atoms with E-state index in [0.717, 1.165) is 43.1 Å². The molecule has 158 valence electrons. The van der Waals surface area contributed by atoms with Crippen LogP contribution in [0.5, 0.6) is 0 Å². The number of halogens is 2. The molecule has 0 aliphatic rings. The summed E-state index contributed by atoms with van der Waals surface area (Å²) in [6, 6.07) is 12.4. The minimum atomic E-state index is 0.947. The van der Waals surface area contributed by atoms with Gasteiger partial charge >= 0.3 is 0 Å². The van der Waals surface area contributed by atoms with Crippen LogP contribution in [0.2, 0.25) is 0 Å². The monoisotopic (exact) mass is 529 g/mol. The number of rotatable bonds is 10. The Bertz CT molecular complexity index is 1150. The molecule has 3 nitrogen and oxygen atoms in total. The maximum absolute atomic E-state index is 5.01. The smallest absolute Gasteiger partial charge is 0.160 e. The molecule has 0 aliphatic heterocycles. The van der Waals surface area contributed by atoms with Gasteiger partial charge in [-0.2, -0.15) is 0 Å². The first-order valence-electron chi connectivity index (χ1n) is 11.2. The second-order valence-corrected chi connectivity index (χ2v) is 9.92. The Kier molecular flexibility index (Phi) is 7.42. The van der Waals surface area contributed by atoms with Crippen molar-refractivity contribution in [3.8, 4) is 0 Å². The van der Waals surface area contributed by atoms with Crippen LogP contribution in [0, 0.1) is 0 Å². The first-order chi connectivity index (χ1) is 14.7. The van der Waals surface area contributed by atoms with Gasteiger partial charge in [0.1, 0.15) is 5.52 Å². The largest absolute Gasteiger partial charge is 0.323 e. The van der Waals surface area contributed by atoms with Gasteiger partial charge in [0.15, 0.2) is 5.65 Å². The van der Waals surface area contributed by atoms with E-state index in [2.05, 4.69) is 55.5 Å². The van der Waals surface area contributed by atoms with Gasteiger partial charge in [0, 0.05) is 20.9 Å². The third-order valence-corrected chi connectivity index (χ3v) is 6.91. The summed E-state index contributed by atoms with van der Waals surface area (Å²) in [6.07, 6.45) is 12.0. The van der Waals surface area contributed by atoms with Gasteiger partial charge in [-0.15, -0.1) is 0 Å². The number of nitrogens with zero attached hydrogens (tertiary/aromatic N) is 3. The summed E-state index contributed by atoms with van der Waals surface area (Å²) in [4.78, 5) is 9.98. The highest BCUT2D eigenvalue weighted by molar-refractivity contribution is 9.11. The molecule has 2 heterocycles. The number of fused-ring (bicyclic) bond motifs is 4. The molecule has 0 aliphatic carbocycles. The van der Waals surface area contributed by atoms with Crippen molar-refractivity contribution in [1.82, 2.24) is 14.5 Å². The Hall–Kier alpha value is -1.46. The van der Waals surface area contributed by atoms with Crippen LogP contribution >= 0.6 is 31.9 Å². The van der Waals surface area contributed by atoms with Gasteiger partial charge in [-0.25, -0.2) is 9.97 Å². The van der Waals surface area contributed by atoms with Gasteiger partial charge in [0.05, 0.1) is 16.6 Å². The first kappa shape index (κ1) is 21.8. The number of aryl methyl sites for hydroxylation is 1. The standard InChI is InChI=1S/C25H29Br2N3/c1-2-3-4-5-6-7-8-9-12-15-30-24-19(16-18(26)17-20(24)27)23-25(30)29-22-14-11-10-13-21(22)28-23/h10-11,13-14,16-17H,2-9,12,15H2,1H3. The molecule has 0 atom stereocenters. The Balaban J connectivity index is 1.56. The second-order valence-electron chi connectivity index (χ2n) is 8.15. The van der Waals surface area contributed by atoms with Crippen LogP contribution in [0.25, 0.3) is 33.1 Å². The summed E-state index contributed by atoms with van der Waals surface area (Å²) in [5.74, 6) is 0. The van der Waals surface area contributed by atoms with Crippen LogP contribution in [0.3, 0.4) is 0 Å². The summed E-state index contributed by atoms with van der Waals surface area (Å²) in [5.41, 5.74) is 5.08. The Morgan fingerprint density at radius 2 is 1.43 bits per heavy atom. The summed E-state index contributed by atoms with van der Waals surface area (Å²) in [7, 11) is 0. The van der Waals surface area contributed by atoms with Gasteiger partial charge in [-0.3, -0.25) is 0 Å². The van der Waals surface area contributed by atoms with E-state index in [1.807, 2.05) is 24.3 Å². The molecule has 0 unspecified atom stereocenters. The molecule has 2 aromatic carbocycles. The van der Waals surface area contributed by atoms with Crippen LogP contribution < -0.4 is 0 Å². The zero-order valence-electron chi connectivity index (χ0n) is 17.6. The third-order valence-electron chi connectivity index (χ3n) is 5.85. The van der Waals surface area contributed by atoms with Crippen molar-refractivity contribution in [3.63, 3.8) is 0 Å². The lowest BCUT2D eigenvalue weighted by atomic mass is 10.1. The average molecular weight is 531 g/mol. The second kappa shape index (κ2) is 10.2. The highest BCUT2D eigenvalue weighted by Gasteiger charge is 2.17. The minimum Gasteiger partial charge on any atom is -0.323 e. The first-order valence-corrected chi connectivity index (χ1v) is 12.8. The topological polar surface area (TPSA) is 30.7 Å². The normalized spacial score (nSPS) is 11.8. The maximum atomic E-state index is 5.01. The lowest BCUT2D eigenvalue weighted by Crippen LogP contribution is -2.00. The lowest BCUT2D eigenvalue weighted by Gasteiger charge is -2.09. The van der Waals surface area contributed by atoms with Gasteiger partial charge in [0.25, 0.3) is 0 Å². The molecule has 2 aromatic heterocycles. The molecule has 30 heavy (non-hydrogen) atoms. The van der Waals surface area contributed by atoms with Crippen molar-refractivity contribution >= 4 is 65.0 Å². The number of hydrogen-bond donors (Lipinski definition) is 0. The molecule has 5 heteroatoms. The lowest BCUT2D eigenvalue weighted by molar-refractivity contribution is 0.546. The zero-order chi connectivity index (χ0) is 20.9. The van der Waals surface area contributed by atoms with E-state index in [0.29, 0.717) is 0 Å². The van der Waals surface area contributed by atoms with Crippen molar-refractivity contribution in [3.05, 3.63) is 45.3 Å². The quantitative estimate of drug-likeness (QED) is 0.192. The highest BCUT2D eigenvalue weighted by Crippen LogP contribution is 2.36. The highest BCUT2D eigenvalue weighted by atomic mass is 79.9. The minimum absolute atomic E-state index is 0.947. The van der Waals surface area contributed by atoms with Gasteiger partial charge in [0.2, 0.25) is 0 Å². The molecule has 0 spiro atoms. The van der Waals surface area contributed by atoms with Crippen LogP contribution in [0.15, 0.2) is 45.3 Å². The predicted molar refractivity (Wildman–Crippen MR) is 135 cm³/mol. The van der Waals surface area contributed by atoms with Crippen molar-refractivity contribution in [2.45, 2.75) is 71.3 Å². The fourth-order valence-corrected chi connectivity index (χ4v) is 5.72. The number of aromatic nitrogens is 3. The van der Waals surface area contributed by atoms with Gasteiger partial charge < -0.3 is 4.57 Å². The van der Waals surface area contributed by atoms with E-state index in [4.69, 9.17) is 9.97 Å². The molecule has 0 fully saturated rings. The molecular formula is C25H29Br2N3. The van der Waals surface area contributed by atoms with E-state index in [9.17, 15) is 0 Å². The predicted octanol–water partition coefficient (Wildman–Crippen LogP) is 8.79. The Morgan fingerprint density at radius 1 is 0.800 bits per heavy atom. The Labute approximate surface area is 195 Å². The SMILES string of the molecule is CCCCCCCCCCCn1c2nc3ccccc3nc2c2cc(Br)cc(Br)c21. The fraction of sp³-hybridized carbons (Fsp3) is 0.440. The van der Waals surface area contributed by atoms with E-state index < -0.39 is 0 Å². The summed E-state index contributed by atoms with van der Waals surface area (Å²) < 4.78 is 4.51. The summed E-state index contributed by atoms with van der Waals surface area (Å²) >= 11 is 7.43. The molecule has 0 N–H and O–H groups in total. The number of para-hydroxylation sites is 2. The number of unbranched alkanes of at least 4 members (excludes halogenated alkanes) is 8. The van der Waals surface area contributed by atoms with Crippen LogP contribution in [0.4, 0.5) is 0 Å². The number of benzene rings is 2. The molecule has 0 radical (unpaired) electrons. The van der Waals surface area contributed by atoms with Crippen LogP contribution in [0.1, 0.15) is 64.7 Å². The van der Waals surface area contributed by atoms with Crippen molar-refractivity contribution in [2.24, 2.45) is 0 Å². The van der Waals surface area contributed by atoms with E-state index in [1.54, 1.807) is 0 Å². The number of hydrogen-bond acceptors (Lipinski definition) is 2. The molecule has 0 saturated carbocycles. The van der Waals surface area contributed by atoms with Crippen LogP contribution in [-0.4, -0.2) is 14.5 Å². The molecular weight excluding hydrogens is 502 g/mol. The average Bonchev–Trinajstić information content (AvgIpc) is 3.04. The van der Waals surface area contributed by atoms with Crippen molar-refractivity contribution in [2.75, 3.05) is 0 Å². The van der Waals surface area contributed by atoms with Gasteiger partial charge in [-0.1, -0.05) is 86.4 Å². The third kappa shape index (κ3) is 4.72. The Morgan fingerprint density at radius 3 is 2.13 bits per heavy atom. The van der Waals surface area contributed by atoms with Crippen molar-refractivity contribution in [1.29, 1.82) is 0 Å². The molecule has 0 bridgehead atoms. The molecule has 4 aromatic rings. The molecule has 0 amide bonds. The maximum Gasteiger partial charge on any atom is 0.160 e. The fourth-order valence-electron chi connectivity index (χ4n) is 4.28. The molecule has 0 saturated heterocycles. The zero-order valence-corrected chi connectivity index (χ0v) is 20.8. The van der Waals surface area contributed by atoms with Crippen LogP contribution in [-0.2, 0) is 6.54 Å². The van der Waals surface area contributed by atoms with Crippen molar-refractivity contribution < 1.29 is 0 Å². The van der Waals surface area contributed by atoms with E-state index in [-0.39, 0.29) is 0 Å². The van der Waals surface area contributed by atoms with Gasteiger partial charge in [-0.05, 0) is 46.6 Å². The van der Waals surface area contributed by atoms with E-state index >= 15 is 0 Å².